The van der Waals surface area contributed by atoms with E-state index in [-0.39, 0.29) is 5.82 Å². The van der Waals surface area contributed by atoms with E-state index >= 15 is 0 Å². The molecule has 0 heterocycles. The van der Waals surface area contributed by atoms with Crippen LogP contribution in [0.5, 0.6) is 0 Å². The Labute approximate surface area is 101 Å². The van der Waals surface area contributed by atoms with Gasteiger partial charge in [-0.3, -0.25) is 0 Å². The molecule has 0 aliphatic carbocycles. The van der Waals surface area contributed by atoms with Gasteiger partial charge in [0.15, 0.2) is 0 Å². The first kappa shape index (κ1) is 11.8. The Morgan fingerprint density at radius 2 is 1.53 bits per heavy atom. The molecule has 2 N–H and O–H groups in total. The minimum atomic E-state index is -0.406. The van der Waals surface area contributed by atoms with Crippen LogP contribution in [0.25, 0.3) is 0 Å². The molecule has 1 nitrogen and oxygen atoms in total. The summed E-state index contributed by atoms with van der Waals surface area (Å²) < 4.78 is 13.8. The van der Waals surface area contributed by atoms with Gasteiger partial charge >= 0.3 is 0 Å². The summed E-state index contributed by atoms with van der Waals surface area (Å²) in [6.45, 7) is 3.88. The zero-order chi connectivity index (χ0) is 12.4. The summed E-state index contributed by atoms with van der Waals surface area (Å²) >= 11 is 0. The molecule has 1 atom stereocenters. The van der Waals surface area contributed by atoms with E-state index in [0.717, 1.165) is 11.1 Å². The molecule has 17 heavy (non-hydrogen) atoms. The molecule has 2 heteroatoms. The van der Waals surface area contributed by atoms with Crippen molar-refractivity contribution in [1.82, 2.24) is 0 Å². The van der Waals surface area contributed by atoms with E-state index in [0.29, 0.717) is 5.56 Å². The second-order valence-electron chi connectivity index (χ2n) is 4.41. The SMILES string of the molecule is Cc1ccc(C(N)c2ccc(C)cc2F)cc1. The second kappa shape index (κ2) is 4.68. The zero-order valence-corrected chi connectivity index (χ0v) is 10.1. The predicted molar refractivity (Wildman–Crippen MR) is 68.3 cm³/mol. The summed E-state index contributed by atoms with van der Waals surface area (Å²) in [6, 6.07) is 12.6. The molecule has 0 aliphatic rings. The largest absolute Gasteiger partial charge is 0.320 e. The van der Waals surface area contributed by atoms with Crippen LogP contribution in [0.3, 0.4) is 0 Å². The molecule has 0 bridgehead atoms. The molecule has 2 aromatic rings. The van der Waals surface area contributed by atoms with E-state index in [1.165, 1.54) is 11.6 Å². The van der Waals surface area contributed by atoms with Crippen molar-refractivity contribution in [2.24, 2.45) is 5.73 Å². The van der Waals surface area contributed by atoms with Gasteiger partial charge in [-0.1, -0.05) is 42.0 Å². The molecule has 0 saturated carbocycles. The lowest BCUT2D eigenvalue weighted by Gasteiger charge is -2.14. The lowest BCUT2D eigenvalue weighted by Crippen LogP contribution is -2.13. The number of nitrogens with two attached hydrogens (primary N) is 1. The monoisotopic (exact) mass is 229 g/mol. The zero-order valence-electron chi connectivity index (χ0n) is 10.1. The maximum atomic E-state index is 13.8. The van der Waals surface area contributed by atoms with Crippen LogP contribution in [0.1, 0.15) is 28.3 Å². The Morgan fingerprint density at radius 1 is 0.941 bits per heavy atom. The van der Waals surface area contributed by atoms with E-state index in [1.54, 1.807) is 6.07 Å². The van der Waals surface area contributed by atoms with E-state index in [9.17, 15) is 4.39 Å². The third kappa shape index (κ3) is 2.53. The fraction of sp³-hybridized carbons (Fsp3) is 0.200. The Kier molecular flexibility index (Phi) is 3.25. The normalized spacial score (nSPS) is 12.5. The lowest BCUT2D eigenvalue weighted by atomic mass is 9.97. The molecule has 0 amide bonds. The van der Waals surface area contributed by atoms with Crippen LogP contribution in [0, 0.1) is 19.7 Å². The summed E-state index contributed by atoms with van der Waals surface area (Å²) in [5.41, 5.74) is 9.62. The molecular weight excluding hydrogens is 213 g/mol. The van der Waals surface area contributed by atoms with Gasteiger partial charge in [-0.25, -0.2) is 4.39 Å². The molecule has 2 rings (SSSR count). The van der Waals surface area contributed by atoms with E-state index in [2.05, 4.69) is 0 Å². The van der Waals surface area contributed by atoms with Crippen molar-refractivity contribution in [2.45, 2.75) is 19.9 Å². The molecule has 88 valence electrons. The maximum absolute atomic E-state index is 13.8. The smallest absolute Gasteiger partial charge is 0.128 e. The van der Waals surface area contributed by atoms with Crippen LogP contribution in [0.2, 0.25) is 0 Å². The van der Waals surface area contributed by atoms with Crippen molar-refractivity contribution < 1.29 is 4.39 Å². The molecule has 1 unspecified atom stereocenters. The van der Waals surface area contributed by atoms with Crippen molar-refractivity contribution in [2.75, 3.05) is 0 Å². The molecule has 0 fully saturated rings. The third-order valence-corrected chi connectivity index (χ3v) is 2.93. The average molecular weight is 229 g/mol. The Hall–Kier alpha value is -1.67. The quantitative estimate of drug-likeness (QED) is 0.838. The second-order valence-corrected chi connectivity index (χ2v) is 4.41. The van der Waals surface area contributed by atoms with Gasteiger partial charge in [-0.15, -0.1) is 0 Å². The van der Waals surface area contributed by atoms with Gasteiger partial charge in [0.25, 0.3) is 0 Å². The van der Waals surface area contributed by atoms with Gasteiger partial charge in [0.05, 0.1) is 6.04 Å². The van der Waals surface area contributed by atoms with Gasteiger partial charge in [0.2, 0.25) is 0 Å². The van der Waals surface area contributed by atoms with Gasteiger partial charge in [-0.05, 0) is 31.0 Å². The van der Waals surface area contributed by atoms with Crippen molar-refractivity contribution in [3.05, 3.63) is 70.5 Å². The van der Waals surface area contributed by atoms with Crippen LogP contribution < -0.4 is 5.73 Å². The van der Waals surface area contributed by atoms with E-state index in [1.807, 2.05) is 44.2 Å². The Morgan fingerprint density at radius 3 is 2.12 bits per heavy atom. The summed E-state index contributed by atoms with van der Waals surface area (Å²) in [5, 5.41) is 0. The number of hydrogen-bond acceptors (Lipinski definition) is 1. The van der Waals surface area contributed by atoms with Crippen LogP contribution in [0.4, 0.5) is 4.39 Å². The lowest BCUT2D eigenvalue weighted by molar-refractivity contribution is 0.598. The number of halogens is 1. The van der Waals surface area contributed by atoms with Gasteiger partial charge in [0, 0.05) is 5.56 Å². The van der Waals surface area contributed by atoms with Crippen molar-refractivity contribution >= 4 is 0 Å². The first-order chi connectivity index (χ1) is 8.08. The fourth-order valence-electron chi connectivity index (χ4n) is 1.84. The van der Waals surface area contributed by atoms with Gasteiger partial charge < -0.3 is 5.73 Å². The molecule has 2 aromatic carbocycles. The van der Waals surface area contributed by atoms with Crippen LogP contribution in [-0.2, 0) is 0 Å². The van der Waals surface area contributed by atoms with E-state index in [4.69, 9.17) is 5.73 Å². The summed E-state index contributed by atoms with van der Waals surface area (Å²) in [7, 11) is 0. The molecular formula is C15H16FN. The van der Waals surface area contributed by atoms with Crippen molar-refractivity contribution in [3.63, 3.8) is 0 Å². The molecule has 0 spiro atoms. The van der Waals surface area contributed by atoms with Crippen LogP contribution in [-0.4, -0.2) is 0 Å². The van der Waals surface area contributed by atoms with Gasteiger partial charge in [-0.2, -0.15) is 0 Å². The van der Waals surface area contributed by atoms with Gasteiger partial charge in [0.1, 0.15) is 5.82 Å². The number of benzene rings is 2. The standard InChI is InChI=1S/C15H16FN/c1-10-3-6-12(7-4-10)15(17)13-8-5-11(2)9-14(13)16/h3-9,15H,17H2,1-2H3. The Bertz CT molecular complexity index is 517. The molecule has 0 saturated heterocycles. The van der Waals surface area contributed by atoms with Crippen LogP contribution in [0.15, 0.2) is 42.5 Å². The number of aryl methyl sites for hydroxylation is 2. The molecule has 0 aliphatic heterocycles. The van der Waals surface area contributed by atoms with Crippen LogP contribution >= 0.6 is 0 Å². The topological polar surface area (TPSA) is 26.0 Å². The summed E-state index contributed by atoms with van der Waals surface area (Å²) in [5.74, 6) is -0.238. The highest BCUT2D eigenvalue weighted by atomic mass is 19.1. The molecule has 0 radical (unpaired) electrons. The van der Waals surface area contributed by atoms with E-state index < -0.39 is 6.04 Å². The highest BCUT2D eigenvalue weighted by Crippen LogP contribution is 2.23. The summed E-state index contributed by atoms with van der Waals surface area (Å²) in [4.78, 5) is 0. The number of rotatable bonds is 2. The first-order valence-corrected chi connectivity index (χ1v) is 5.66. The maximum Gasteiger partial charge on any atom is 0.128 e. The summed E-state index contributed by atoms with van der Waals surface area (Å²) in [6.07, 6.45) is 0. The highest BCUT2D eigenvalue weighted by molar-refractivity contribution is 5.35. The Balaban J connectivity index is 2.36. The minimum Gasteiger partial charge on any atom is -0.320 e. The fourth-order valence-corrected chi connectivity index (χ4v) is 1.84. The average Bonchev–Trinajstić information content (AvgIpc) is 2.29. The molecule has 0 aromatic heterocycles. The predicted octanol–water partition coefficient (Wildman–Crippen LogP) is 3.49. The number of hydrogen-bond donors (Lipinski definition) is 1. The van der Waals surface area contributed by atoms with Crippen molar-refractivity contribution in [1.29, 1.82) is 0 Å². The third-order valence-electron chi connectivity index (χ3n) is 2.93. The minimum absolute atomic E-state index is 0.238. The first-order valence-electron chi connectivity index (χ1n) is 5.66. The highest BCUT2D eigenvalue weighted by Gasteiger charge is 2.13. The van der Waals surface area contributed by atoms with Crippen molar-refractivity contribution in [3.8, 4) is 0 Å².